The van der Waals surface area contributed by atoms with Gasteiger partial charge in [-0.2, -0.15) is 5.10 Å². The molecule has 12 heteroatoms. The molecule has 0 atom stereocenters. The summed E-state index contributed by atoms with van der Waals surface area (Å²) in [6, 6.07) is 8.63. The first-order valence-corrected chi connectivity index (χ1v) is 12.1. The molecule has 1 saturated heterocycles. The second-order valence-electron chi connectivity index (χ2n) is 8.44. The van der Waals surface area contributed by atoms with Gasteiger partial charge in [0.25, 0.3) is 11.5 Å². The summed E-state index contributed by atoms with van der Waals surface area (Å²) < 4.78 is 6.91. The van der Waals surface area contributed by atoms with E-state index in [4.69, 9.17) is 27.9 Å². The average Bonchev–Trinajstić information content (AvgIpc) is 3.34. The minimum absolute atomic E-state index is 0.0252. The number of H-pyrrole nitrogens is 1. The van der Waals surface area contributed by atoms with Crippen LogP contribution in [-0.2, 0) is 6.54 Å². The fourth-order valence-electron chi connectivity index (χ4n) is 4.30. The predicted octanol–water partition coefficient (Wildman–Crippen LogP) is 3.92. The first-order chi connectivity index (χ1) is 17.4. The molecule has 0 radical (unpaired) electrons. The topological polar surface area (TPSA) is 118 Å². The maximum absolute atomic E-state index is 12.9. The highest BCUT2D eigenvalue weighted by molar-refractivity contribution is 6.42. The van der Waals surface area contributed by atoms with Crippen LogP contribution >= 0.6 is 23.2 Å². The number of fused-ring (bicyclic) bond motifs is 1. The van der Waals surface area contributed by atoms with Crippen LogP contribution in [0.5, 0.6) is 5.75 Å². The lowest BCUT2D eigenvalue weighted by Gasteiger charge is -2.32. The summed E-state index contributed by atoms with van der Waals surface area (Å²) in [5.41, 5.74) is 1.87. The summed E-state index contributed by atoms with van der Waals surface area (Å²) in [6.45, 7) is 1.46. The Labute approximate surface area is 216 Å². The lowest BCUT2D eigenvalue weighted by atomic mass is 10.0. The van der Waals surface area contributed by atoms with Gasteiger partial charge in [-0.05, 0) is 36.6 Å². The number of aromatic nitrogens is 5. The van der Waals surface area contributed by atoms with Crippen LogP contribution in [0.3, 0.4) is 0 Å². The first-order valence-electron chi connectivity index (χ1n) is 11.4. The molecule has 5 rings (SSSR count). The second-order valence-corrected chi connectivity index (χ2v) is 9.26. The summed E-state index contributed by atoms with van der Waals surface area (Å²) in [7, 11) is 1.55. The summed E-state index contributed by atoms with van der Waals surface area (Å²) in [5.74, 6) is 0.781. The number of nitrogens with one attached hydrogen (secondary N) is 2. The Morgan fingerprint density at radius 1 is 1.19 bits per heavy atom. The highest BCUT2D eigenvalue weighted by atomic mass is 35.5. The molecule has 1 amide bonds. The summed E-state index contributed by atoms with van der Waals surface area (Å²) in [5, 5.41) is 8.50. The van der Waals surface area contributed by atoms with Crippen LogP contribution in [0, 0.1) is 0 Å². The molecule has 1 aliphatic rings. The normalized spacial score (nSPS) is 14.2. The zero-order chi connectivity index (χ0) is 25.2. The van der Waals surface area contributed by atoms with Gasteiger partial charge < -0.3 is 15.0 Å². The highest BCUT2D eigenvalue weighted by Gasteiger charge is 2.27. The van der Waals surface area contributed by atoms with Gasteiger partial charge in [0.15, 0.2) is 5.52 Å². The Balaban J connectivity index is 1.27. The van der Waals surface area contributed by atoms with Crippen molar-refractivity contribution in [1.29, 1.82) is 0 Å². The van der Waals surface area contributed by atoms with Crippen LogP contribution in [0.1, 0.15) is 34.9 Å². The van der Waals surface area contributed by atoms with E-state index < -0.39 is 0 Å². The fourth-order valence-corrected chi connectivity index (χ4v) is 4.62. The van der Waals surface area contributed by atoms with E-state index in [0.29, 0.717) is 70.9 Å². The molecule has 36 heavy (non-hydrogen) atoms. The van der Waals surface area contributed by atoms with Crippen LogP contribution in [0.2, 0.25) is 10.0 Å². The van der Waals surface area contributed by atoms with Gasteiger partial charge in [-0.3, -0.25) is 24.2 Å². The number of amides is 1. The lowest BCUT2D eigenvalue weighted by Crippen LogP contribution is -2.39. The van der Waals surface area contributed by atoms with Crippen LogP contribution in [0.15, 0.2) is 47.5 Å². The number of carbonyl (C=O) groups excluding carboxylic acids is 1. The minimum atomic E-state index is -0.284. The molecule has 0 bridgehead atoms. The lowest BCUT2D eigenvalue weighted by molar-refractivity contribution is 0.0685. The van der Waals surface area contributed by atoms with Crippen molar-refractivity contribution in [2.24, 2.45) is 0 Å². The number of benzene rings is 1. The third-order valence-corrected chi connectivity index (χ3v) is 6.92. The largest absolute Gasteiger partial charge is 0.497 e. The number of hydrogen-bond donors (Lipinski definition) is 2. The zero-order valence-electron chi connectivity index (χ0n) is 19.4. The number of hydrogen-bond acceptors (Lipinski definition) is 7. The van der Waals surface area contributed by atoms with Crippen molar-refractivity contribution >= 4 is 46.1 Å². The van der Waals surface area contributed by atoms with Gasteiger partial charge >= 0.3 is 0 Å². The van der Waals surface area contributed by atoms with Gasteiger partial charge in [-0.1, -0.05) is 29.3 Å². The maximum atomic E-state index is 12.9. The third kappa shape index (κ3) is 4.87. The fraction of sp³-hybridized carbons (Fsp3) is 0.292. The van der Waals surface area contributed by atoms with Gasteiger partial charge in [0.2, 0.25) is 5.95 Å². The van der Waals surface area contributed by atoms with E-state index in [0.717, 1.165) is 5.56 Å². The van der Waals surface area contributed by atoms with Crippen molar-refractivity contribution in [3.63, 3.8) is 0 Å². The molecule has 0 saturated carbocycles. The Morgan fingerprint density at radius 3 is 2.75 bits per heavy atom. The molecule has 1 aromatic carbocycles. The maximum Gasteiger partial charge on any atom is 0.278 e. The SMILES string of the molecule is COc1ccnc(C(=O)N2CCC(n3ncc4nc(NCc5ccc(Cl)c(Cl)c5)[nH]c(=O)c43)CC2)c1. The number of nitrogens with zero attached hydrogens (tertiary/aromatic N) is 5. The van der Waals surface area contributed by atoms with Crippen molar-refractivity contribution in [2.45, 2.75) is 25.4 Å². The Hall–Kier alpha value is -3.63. The van der Waals surface area contributed by atoms with Crippen LogP contribution in [0.25, 0.3) is 11.0 Å². The third-order valence-electron chi connectivity index (χ3n) is 6.18. The number of anilines is 1. The molecule has 0 aliphatic carbocycles. The molecule has 0 spiro atoms. The molecular formula is C24H23Cl2N7O3. The summed E-state index contributed by atoms with van der Waals surface area (Å²) in [4.78, 5) is 39.0. The van der Waals surface area contributed by atoms with Crippen molar-refractivity contribution in [3.05, 3.63) is 74.4 Å². The average molecular weight is 528 g/mol. The van der Waals surface area contributed by atoms with Gasteiger partial charge in [-0.15, -0.1) is 0 Å². The molecule has 0 unspecified atom stereocenters. The van der Waals surface area contributed by atoms with Crippen molar-refractivity contribution in [1.82, 2.24) is 29.6 Å². The van der Waals surface area contributed by atoms with Gasteiger partial charge in [0, 0.05) is 31.9 Å². The monoisotopic (exact) mass is 527 g/mol. The number of piperidine rings is 1. The molecule has 2 N–H and O–H groups in total. The number of methoxy groups -OCH3 is 1. The van der Waals surface area contributed by atoms with Crippen LogP contribution < -0.4 is 15.6 Å². The van der Waals surface area contributed by atoms with E-state index in [1.165, 1.54) is 0 Å². The Kier molecular flexibility index (Phi) is 6.80. The first kappa shape index (κ1) is 24.1. The number of pyridine rings is 1. The number of aromatic amines is 1. The van der Waals surface area contributed by atoms with E-state index in [9.17, 15) is 9.59 Å². The van der Waals surface area contributed by atoms with Crippen LogP contribution in [0.4, 0.5) is 5.95 Å². The predicted molar refractivity (Wildman–Crippen MR) is 137 cm³/mol. The summed E-state index contributed by atoms with van der Waals surface area (Å²) >= 11 is 12.0. The van der Waals surface area contributed by atoms with Gasteiger partial charge in [0.05, 0.1) is 29.4 Å². The van der Waals surface area contributed by atoms with E-state index in [-0.39, 0.29) is 17.5 Å². The second kappa shape index (κ2) is 10.2. The molecule has 4 aromatic rings. The standard InChI is InChI=1S/C24H23Cl2N7O3/c1-36-16-4-7-27-19(11-16)23(35)32-8-5-15(6-9-32)33-21-20(13-29-33)30-24(31-22(21)34)28-12-14-2-3-17(25)18(26)10-14/h2-4,7,10-11,13,15H,5-6,8-9,12H2,1H3,(H2,28,30,31,34). The van der Waals surface area contributed by atoms with Crippen LogP contribution in [-0.4, -0.2) is 55.7 Å². The minimum Gasteiger partial charge on any atom is -0.497 e. The molecule has 1 aliphatic heterocycles. The van der Waals surface area contributed by atoms with Gasteiger partial charge in [0.1, 0.15) is 17.0 Å². The Bertz CT molecular complexity index is 1480. The van der Waals surface area contributed by atoms with E-state index in [1.54, 1.807) is 53.4 Å². The number of ether oxygens (including phenoxy) is 1. The molecule has 3 aromatic heterocycles. The number of halogens is 2. The van der Waals surface area contributed by atoms with E-state index >= 15 is 0 Å². The smallest absolute Gasteiger partial charge is 0.278 e. The zero-order valence-corrected chi connectivity index (χ0v) is 20.9. The molecule has 10 nitrogen and oxygen atoms in total. The number of rotatable bonds is 6. The Morgan fingerprint density at radius 2 is 2.00 bits per heavy atom. The van der Waals surface area contributed by atoms with E-state index in [1.807, 2.05) is 6.07 Å². The number of carbonyl (C=O) groups is 1. The van der Waals surface area contributed by atoms with Crippen molar-refractivity contribution in [3.8, 4) is 5.75 Å². The molecule has 1 fully saturated rings. The summed E-state index contributed by atoms with van der Waals surface area (Å²) in [6.07, 6.45) is 4.46. The van der Waals surface area contributed by atoms with Crippen molar-refractivity contribution < 1.29 is 9.53 Å². The molecule has 186 valence electrons. The van der Waals surface area contributed by atoms with Gasteiger partial charge in [-0.25, -0.2) is 4.98 Å². The van der Waals surface area contributed by atoms with E-state index in [2.05, 4.69) is 25.4 Å². The molecule has 4 heterocycles. The van der Waals surface area contributed by atoms with Crippen molar-refractivity contribution in [2.75, 3.05) is 25.5 Å². The highest BCUT2D eigenvalue weighted by Crippen LogP contribution is 2.26. The number of likely N-dealkylation sites (tertiary alicyclic amines) is 1. The molecular weight excluding hydrogens is 505 g/mol. The quantitative estimate of drug-likeness (QED) is 0.390.